The summed E-state index contributed by atoms with van der Waals surface area (Å²) in [5, 5.41) is 12.6. The number of fused-ring (bicyclic) bond motifs is 1. The second-order valence-electron chi connectivity index (χ2n) is 4.62. The highest BCUT2D eigenvalue weighted by Gasteiger charge is 2.23. The van der Waals surface area contributed by atoms with Gasteiger partial charge in [-0.05, 0) is 23.1 Å². The Balaban J connectivity index is 1.90. The summed E-state index contributed by atoms with van der Waals surface area (Å²) in [6.07, 6.45) is 0.603. The van der Waals surface area contributed by atoms with Crippen molar-refractivity contribution >= 4 is 17.2 Å². The van der Waals surface area contributed by atoms with Crippen molar-refractivity contribution in [1.29, 1.82) is 5.26 Å². The maximum absolute atomic E-state index is 12.3. The molecule has 6 heteroatoms. The molecule has 1 N–H and O–H groups in total. The van der Waals surface area contributed by atoms with Crippen LogP contribution >= 0.6 is 11.3 Å². The molecule has 1 amide bonds. The molecule has 0 aromatic carbocycles. The van der Waals surface area contributed by atoms with Crippen LogP contribution < -0.4 is 5.56 Å². The molecule has 0 fully saturated rings. The van der Waals surface area contributed by atoms with E-state index in [4.69, 9.17) is 5.26 Å². The zero-order valence-corrected chi connectivity index (χ0v) is 11.4. The second-order valence-corrected chi connectivity index (χ2v) is 5.40. The summed E-state index contributed by atoms with van der Waals surface area (Å²) >= 11 is 1.49. The number of aromatic amines is 1. The Hall–Kier alpha value is -2.39. The number of carbonyl (C=O) groups excluding carboxylic acids is 1. The molecule has 2 aromatic heterocycles. The predicted octanol–water partition coefficient (Wildman–Crippen LogP) is 1.51. The quantitative estimate of drug-likeness (QED) is 0.862. The van der Waals surface area contributed by atoms with Crippen LogP contribution in [0, 0.1) is 11.3 Å². The van der Waals surface area contributed by atoms with Gasteiger partial charge in [-0.25, -0.2) is 0 Å². The number of hydrogen-bond acceptors (Lipinski definition) is 4. The number of thiophene rings is 1. The summed E-state index contributed by atoms with van der Waals surface area (Å²) in [7, 11) is 0. The van der Waals surface area contributed by atoms with Gasteiger partial charge < -0.3 is 9.88 Å². The number of aromatic nitrogens is 1. The third kappa shape index (κ3) is 2.12. The smallest absolute Gasteiger partial charge is 0.266 e. The molecule has 0 radical (unpaired) electrons. The zero-order chi connectivity index (χ0) is 14.1. The molecular weight excluding hydrogens is 274 g/mol. The van der Waals surface area contributed by atoms with Crippen molar-refractivity contribution in [3.63, 3.8) is 0 Å². The number of nitrogens with one attached hydrogen (secondary N) is 1. The summed E-state index contributed by atoms with van der Waals surface area (Å²) in [6.45, 7) is 0.999. The van der Waals surface area contributed by atoms with Crippen LogP contribution in [0.3, 0.4) is 0 Å². The van der Waals surface area contributed by atoms with E-state index < -0.39 is 0 Å². The molecule has 3 heterocycles. The minimum absolute atomic E-state index is 0.0124. The molecule has 2 aromatic rings. The largest absolute Gasteiger partial charge is 0.334 e. The van der Waals surface area contributed by atoms with E-state index in [1.807, 2.05) is 16.8 Å². The van der Waals surface area contributed by atoms with Gasteiger partial charge in [0.05, 0.1) is 5.56 Å². The summed E-state index contributed by atoms with van der Waals surface area (Å²) in [6, 6.07) is 5.26. The number of pyridine rings is 1. The zero-order valence-electron chi connectivity index (χ0n) is 10.5. The normalized spacial score (nSPS) is 13.7. The van der Waals surface area contributed by atoms with Gasteiger partial charge in [-0.1, -0.05) is 0 Å². The molecule has 1 aliphatic rings. The van der Waals surface area contributed by atoms with Gasteiger partial charge in [0.25, 0.3) is 11.5 Å². The predicted molar refractivity (Wildman–Crippen MR) is 74.5 cm³/mol. The fourth-order valence-corrected chi connectivity index (χ4v) is 2.96. The highest BCUT2D eigenvalue weighted by molar-refractivity contribution is 7.08. The monoisotopic (exact) mass is 285 g/mol. The highest BCUT2D eigenvalue weighted by atomic mass is 32.1. The second kappa shape index (κ2) is 4.94. The molecule has 0 unspecified atom stereocenters. The van der Waals surface area contributed by atoms with Crippen LogP contribution in [0.25, 0.3) is 0 Å². The van der Waals surface area contributed by atoms with Crippen molar-refractivity contribution in [1.82, 2.24) is 9.88 Å². The van der Waals surface area contributed by atoms with E-state index in [9.17, 15) is 9.59 Å². The molecule has 0 saturated carbocycles. The Kier molecular flexibility index (Phi) is 3.12. The first kappa shape index (κ1) is 12.6. The van der Waals surface area contributed by atoms with E-state index in [0.29, 0.717) is 25.1 Å². The van der Waals surface area contributed by atoms with Crippen LogP contribution in [0.5, 0.6) is 0 Å². The fraction of sp³-hybridized carbons (Fsp3) is 0.214. The van der Waals surface area contributed by atoms with Crippen LogP contribution in [0.15, 0.2) is 27.7 Å². The Morgan fingerprint density at radius 3 is 3.05 bits per heavy atom. The lowest BCUT2D eigenvalue weighted by molar-refractivity contribution is 0.0734. The van der Waals surface area contributed by atoms with Crippen LogP contribution in [0.4, 0.5) is 0 Å². The Morgan fingerprint density at radius 2 is 2.35 bits per heavy atom. The van der Waals surface area contributed by atoms with Gasteiger partial charge in [0.15, 0.2) is 0 Å². The number of H-pyrrole nitrogens is 1. The highest BCUT2D eigenvalue weighted by Crippen LogP contribution is 2.19. The van der Waals surface area contributed by atoms with Crippen molar-refractivity contribution in [2.75, 3.05) is 6.54 Å². The Labute approximate surface area is 119 Å². The lowest BCUT2D eigenvalue weighted by Crippen LogP contribution is -2.37. The molecule has 1 aliphatic heterocycles. The van der Waals surface area contributed by atoms with E-state index in [1.54, 1.807) is 17.0 Å². The molecule has 0 saturated heterocycles. The van der Waals surface area contributed by atoms with Crippen LogP contribution in [-0.4, -0.2) is 22.3 Å². The lowest BCUT2D eigenvalue weighted by Gasteiger charge is -2.28. The number of nitrogens with zero attached hydrogens (tertiary/aromatic N) is 2. The molecular formula is C14H11N3O2S. The van der Waals surface area contributed by atoms with Gasteiger partial charge >= 0.3 is 0 Å². The van der Waals surface area contributed by atoms with Gasteiger partial charge in [-0.3, -0.25) is 9.59 Å². The summed E-state index contributed by atoms with van der Waals surface area (Å²) in [5.74, 6) is -0.0124. The van der Waals surface area contributed by atoms with Crippen LogP contribution in [0.2, 0.25) is 0 Å². The molecule has 3 rings (SSSR count). The minimum Gasteiger partial charge on any atom is -0.334 e. The lowest BCUT2D eigenvalue weighted by atomic mass is 10.0. The Morgan fingerprint density at radius 1 is 1.50 bits per heavy atom. The van der Waals surface area contributed by atoms with Gasteiger partial charge in [0.2, 0.25) is 0 Å². The number of hydrogen-bond donors (Lipinski definition) is 1. The maximum atomic E-state index is 12.3. The first-order valence-corrected chi connectivity index (χ1v) is 7.10. The average Bonchev–Trinajstić information content (AvgIpc) is 2.99. The summed E-state index contributed by atoms with van der Waals surface area (Å²) in [5.41, 5.74) is 2.08. The van der Waals surface area contributed by atoms with Crippen molar-refractivity contribution < 1.29 is 4.79 Å². The standard InChI is InChI=1S/C14H11N3O2S/c15-6-10-5-11-7-17(3-1-12(11)16-13(10)18)14(19)9-2-4-20-8-9/h2,4-5,8H,1,3,7H2,(H,16,18). The summed E-state index contributed by atoms with van der Waals surface area (Å²) < 4.78 is 0. The van der Waals surface area contributed by atoms with E-state index in [2.05, 4.69) is 4.98 Å². The van der Waals surface area contributed by atoms with Crippen molar-refractivity contribution in [2.24, 2.45) is 0 Å². The van der Waals surface area contributed by atoms with E-state index in [0.717, 1.165) is 11.3 Å². The molecule has 0 spiro atoms. The van der Waals surface area contributed by atoms with Gasteiger partial charge in [0, 0.05) is 30.6 Å². The van der Waals surface area contributed by atoms with E-state index in [1.165, 1.54) is 11.3 Å². The summed E-state index contributed by atoms with van der Waals surface area (Å²) in [4.78, 5) is 28.3. The number of nitriles is 1. The topological polar surface area (TPSA) is 77.0 Å². The van der Waals surface area contributed by atoms with Gasteiger partial charge in [-0.2, -0.15) is 16.6 Å². The average molecular weight is 285 g/mol. The number of carbonyl (C=O) groups is 1. The van der Waals surface area contributed by atoms with Crippen molar-refractivity contribution in [2.45, 2.75) is 13.0 Å². The Bertz CT molecular complexity index is 756. The van der Waals surface area contributed by atoms with Crippen LogP contribution in [-0.2, 0) is 13.0 Å². The third-order valence-electron chi connectivity index (χ3n) is 3.38. The minimum atomic E-state index is -0.358. The molecule has 5 nitrogen and oxygen atoms in total. The molecule has 0 atom stereocenters. The number of rotatable bonds is 1. The first-order valence-electron chi connectivity index (χ1n) is 6.15. The molecule has 0 bridgehead atoms. The third-order valence-corrected chi connectivity index (χ3v) is 4.07. The van der Waals surface area contributed by atoms with Crippen LogP contribution in [0.1, 0.15) is 27.2 Å². The first-order chi connectivity index (χ1) is 9.69. The van der Waals surface area contributed by atoms with Gasteiger partial charge in [0.1, 0.15) is 11.6 Å². The maximum Gasteiger partial charge on any atom is 0.266 e. The van der Waals surface area contributed by atoms with Gasteiger partial charge in [-0.15, -0.1) is 0 Å². The van der Waals surface area contributed by atoms with E-state index >= 15 is 0 Å². The molecule has 20 heavy (non-hydrogen) atoms. The van der Waals surface area contributed by atoms with Crippen molar-refractivity contribution in [3.8, 4) is 6.07 Å². The fourth-order valence-electron chi connectivity index (χ4n) is 2.33. The SMILES string of the molecule is N#Cc1cc2c([nH]c1=O)CCN(C(=O)c1ccsc1)C2. The van der Waals surface area contributed by atoms with E-state index in [-0.39, 0.29) is 17.0 Å². The molecule has 0 aliphatic carbocycles. The number of amides is 1. The molecule has 100 valence electrons. The van der Waals surface area contributed by atoms with Crippen molar-refractivity contribution in [3.05, 3.63) is 55.6 Å².